The number of carbonyl (C=O) groups is 5. The highest BCUT2D eigenvalue weighted by Gasteiger charge is 2.45. The molecule has 8 rings (SSSR count). The molecular weight excluding hydrogens is 1120 g/mol. The molecule has 3 saturated heterocycles. The molecule has 3 fully saturated rings. The lowest BCUT2D eigenvalue weighted by atomic mass is 9.85. The summed E-state index contributed by atoms with van der Waals surface area (Å²) >= 11 is 7.81. The van der Waals surface area contributed by atoms with Crippen LogP contribution in [0.1, 0.15) is 69.3 Å². The van der Waals surface area contributed by atoms with Gasteiger partial charge in [-0.1, -0.05) is 68.8 Å². The van der Waals surface area contributed by atoms with Gasteiger partial charge in [-0.2, -0.15) is 0 Å². The zero-order chi connectivity index (χ0) is 59.6. The van der Waals surface area contributed by atoms with Crippen LogP contribution in [0, 0.1) is 12.3 Å². The lowest BCUT2D eigenvalue weighted by Crippen LogP contribution is -2.60. The van der Waals surface area contributed by atoms with E-state index in [0.717, 1.165) is 44.1 Å². The number of piperazine rings is 1. The first-order valence-electron chi connectivity index (χ1n) is 28.8. The fourth-order valence-electron chi connectivity index (χ4n) is 10.5. The van der Waals surface area contributed by atoms with Crippen molar-refractivity contribution in [1.82, 2.24) is 50.6 Å². The van der Waals surface area contributed by atoms with Gasteiger partial charge in [0.1, 0.15) is 43.1 Å². The van der Waals surface area contributed by atoms with E-state index in [0.29, 0.717) is 103 Å². The summed E-state index contributed by atoms with van der Waals surface area (Å²) in [6.45, 7) is 13.9. The molecule has 84 heavy (non-hydrogen) atoms. The summed E-state index contributed by atoms with van der Waals surface area (Å²) in [6.07, 6.45) is 4.18. The number of nitrogens with one attached hydrogen (secondary N) is 4. The van der Waals surface area contributed by atoms with Gasteiger partial charge in [0.05, 0.1) is 92.0 Å². The Morgan fingerprint density at radius 3 is 2.10 bits per heavy atom. The number of aryl methyl sites for hydroxylation is 1. The van der Waals surface area contributed by atoms with Gasteiger partial charge in [-0.3, -0.25) is 28.9 Å². The Hall–Kier alpha value is -6.19. The second-order valence-electron chi connectivity index (χ2n) is 22.6. The summed E-state index contributed by atoms with van der Waals surface area (Å²) in [5.41, 5.74) is 11.5. The number of carbonyl (C=O) groups excluding carboxylic acids is 5. The van der Waals surface area contributed by atoms with Crippen molar-refractivity contribution in [3.8, 4) is 10.4 Å². The van der Waals surface area contributed by atoms with Crippen molar-refractivity contribution < 1.29 is 52.8 Å². The minimum Gasteiger partial charge on any atom is -0.391 e. The number of aliphatic hydroxyl groups excluding tert-OH is 1. The predicted octanol–water partition coefficient (Wildman–Crippen LogP) is 3.62. The van der Waals surface area contributed by atoms with E-state index >= 15 is 0 Å². The van der Waals surface area contributed by atoms with E-state index in [1.807, 2.05) is 98.9 Å². The van der Waals surface area contributed by atoms with Crippen LogP contribution in [0.5, 0.6) is 0 Å². The number of ether oxygens (including phenoxy) is 5. The Labute approximate surface area is 499 Å². The quantitative estimate of drug-likeness (QED) is 0.0373. The number of nitrogens with zero attached hydrogens (tertiary/aromatic N) is 7. The molecule has 5 aromatic rings. The van der Waals surface area contributed by atoms with Crippen molar-refractivity contribution in [2.24, 2.45) is 11.1 Å². The van der Waals surface area contributed by atoms with Crippen LogP contribution in [0.2, 0.25) is 5.02 Å². The molecule has 2 unspecified atom stereocenters. The molecule has 0 bridgehead atoms. The minimum absolute atomic E-state index is 0.0283. The number of hydrogen-bond acceptors (Lipinski definition) is 18. The number of benzene rings is 2. The number of thiazole rings is 1. The number of anilines is 1. The number of rotatable bonds is 29. The molecule has 0 spiro atoms. The van der Waals surface area contributed by atoms with Crippen LogP contribution in [0.15, 0.2) is 72.6 Å². The number of H-pyrrole nitrogens is 1. The van der Waals surface area contributed by atoms with Gasteiger partial charge >= 0.3 is 0 Å². The highest BCUT2D eigenvalue weighted by atomic mass is 35.5. The summed E-state index contributed by atoms with van der Waals surface area (Å²) in [6, 6.07) is 15.2. The van der Waals surface area contributed by atoms with Gasteiger partial charge in [0, 0.05) is 76.5 Å². The topological polar surface area (TPSA) is 281 Å². The first-order valence-corrected chi connectivity index (χ1v) is 30.0. The first-order chi connectivity index (χ1) is 40.5. The third-order valence-electron chi connectivity index (χ3n) is 15.4. The molecule has 0 saturated carbocycles. The van der Waals surface area contributed by atoms with Gasteiger partial charge in [0.2, 0.25) is 29.5 Å². The molecule has 5 amide bonds. The molecule has 23 nitrogen and oxygen atoms in total. The maximum Gasteiger partial charge on any atom is 0.248 e. The summed E-state index contributed by atoms with van der Waals surface area (Å²) in [4.78, 5) is 92.3. The first kappa shape index (κ1) is 63.8. The summed E-state index contributed by atoms with van der Waals surface area (Å²) in [5.74, 6) is -0.767. The van der Waals surface area contributed by atoms with Crippen LogP contribution in [0.25, 0.3) is 21.5 Å². The molecule has 4 atom stereocenters. The normalized spacial score (nSPS) is 18.2. The van der Waals surface area contributed by atoms with E-state index in [4.69, 9.17) is 41.0 Å². The van der Waals surface area contributed by atoms with Crippen LogP contribution < -0.4 is 26.6 Å². The summed E-state index contributed by atoms with van der Waals surface area (Å²) in [5, 5.41) is 21.1. The van der Waals surface area contributed by atoms with Gasteiger partial charge in [-0.05, 0) is 66.5 Å². The molecule has 7 N–H and O–H groups in total. The predicted molar refractivity (Wildman–Crippen MR) is 318 cm³/mol. The maximum atomic E-state index is 14.0. The number of β-amino-alcohol motifs (C(OH)–C–C–N with tert-alkyl or cyclic N) is 1. The minimum atomic E-state index is -1.04. The number of nitrogens with two attached hydrogens (primary N) is 1. The number of fused-ring (bicyclic) bond motifs is 1. The summed E-state index contributed by atoms with van der Waals surface area (Å²) < 4.78 is 27.9. The molecule has 3 aliphatic rings. The van der Waals surface area contributed by atoms with E-state index in [-0.39, 0.29) is 76.3 Å². The van der Waals surface area contributed by atoms with E-state index in [1.54, 1.807) is 17.7 Å². The largest absolute Gasteiger partial charge is 0.391 e. The molecule has 25 heteroatoms. The number of aromatic amines is 1. The number of amides is 5. The fourth-order valence-corrected chi connectivity index (χ4v) is 11.4. The average Bonchev–Trinajstić information content (AvgIpc) is 4.10. The number of halogens is 1. The Morgan fingerprint density at radius 2 is 1.46 bits per heavy atom. The second-order valence-corrected chi connectivity index (χ2v) is 23.8. The van der Waals surface area contributed by atoms with Crippen LogP contribution in [0.3, 0.4) is 0 Å². The Kier molecular flexibility index (Phi) is 23.4. The Balaban J connectivity index is 0.630. The summed E-state index contributed by atoms with van der Waals surface area (Å²) in [7, 11) is 0. The molecule has 3 aromatic heterocycles. The number of aromatic nitrogens is 4. The van der Waals surface area contributed by atoms with Gasteiger partial charge < -0.3 is 70.2 Å². The van der Waals surface area contributed by atoms with Gasteiger partial charge in [0.15, 0.2) is 0 Å². The standard InChI is InChI=1S/C59H81ClN12O11S/c1-40-51(84-39-66-40)43-7-5-41(6-8-43)34-63-55(76)48-33-45(73)35-72(48)56(77)52(58(2,3)4)68-49(74)36-82-31-29-80-27-25-79-26-28-81-30-32-83-37-50(75)70-23-21-69(22-24-70)18-14-47(42-9-11-44(60)12-10-42)67-57(78)59(61)15-19-71(20-16-59)54-46-13-17-62-53(46)64-38-65-54/h5-13,17,38-39,45,47-48,52,73H,14-16,18-37,61H2,1-4H3,(H,63,76)(H,67,78)(H,68,74)(H,62,64,65)/t45-,47?,48+,52?/m1/s1. The molecule has 6 heterocycles. The second kappa shape index (κ2) is 30.8. The van der Waals surface area contributed by atoms with Gasteiger partial charge in [-0.15, -0.1) is 11.3 Å². The zero-order valence-corrected chi connectivity index (χ0v) is 50.1. The molecule has 2 aromatic carbocycles. The number of aliphatic hydroxyl groups is 1. The van der Waals surface area contributed by atoms with Crippen molar-refractivity contribution in [1.29, 1.82) is 0 Å². The highest BCUT2D eigenvalue weighted by molar-refractivity contribution is 7.13. The van der Waals surface area contributed by atoms with Crippen molar-refractivity contribution in [3.05, 3.63) is 94.5 Å². The smallest absolute Gasteiger partial charge is 0.248 e. The van der Waals surface area contributed by atoms with Crippen LogP contribution in [-0.2, 0) is 54.2 Å². The third kappa shape index (κ3) is 17.9. The van der Waals surface area contributed by atoms with Crippen LogP contribution >= 0.6 is 22.9 Å². The van der Waals surface area contributed by atoms with Gasteiger partial charge in [0.25, 0.3) is 0 Å². The van der Waals surface area contributed by atoms with Crippen molar-refractivity contribution >= 4 is 69.3 Å². The van der Waals surface area contributed by atoms with Crippen molar-refractivity contribution in [2.75, 3.05) is 123 Å². The molecule has 0 radical (unpaired) electrons. The van der Waals surface area contributed by atoms with Crippen molar-refractivity contribution in [3.63, 3.8) is 0 Å². The lowest BCUT2D eigenvalue weighted by Gasteiger charge is -2.39. The van der Waals surface area contributed by atoms with Crippen molar-refractivity contribution in [2.45, 2.75) is 89.7 Å². The van der Waals surface area contributed by atoms with Gasteiger partial charge in [-0.25, -0.2) is 15.0 Å². The Bertz CT molecular complexity index is 2930. The average molecular weight is 1200 g/mol. The van der Waals surface area contributed by atoms with E-state index in [1.165, 1.54) is 4.90 Å². The number of hydrogen-bond donors (Lipinski definition) is 6. The lowest BCUT2D eigenvalue weighted by molar-refractivity contribution is -0.144. The van der Waals surface area contributed by atoms with E-state index < -0.39 is 41.0 Å². The monoisotopic (exact) mass is 1200 g/mol. The van der Waals surface area contributed by atoms with E-state index in [9.17, 15) is 29.1 Å². The Morgan fingerprint density at radius 1 is 0.821 bits per heavy atom. The SMILES string of the molecule is Cc1ncsc1-c1ccc(CNC(=O)[C@@H]2C[C@@H](O)CN2C(=O)C(NC(=O)COCCOCCOCCOCCOCC(=O)N2CCN(CCC(NC(=O)C3(N)CCN(c4ncnc5[nH]ccc45)CC3)c3ccc(Cl)cc3)CC2)C(C)(C)C)cc1. The zero-order valence-electron chi connectivity index (χ0n) is 48.5. The third-order valence-corrected chi connectivity index (χ3v) is 16.7. The van der Waals surface area contributed by atoms with Crippen LogP contribution in [0.4, 0.5) is 5.82 Å². The number of likely N-dealkylation sites (tertiary alicyclic amines) is 1. The molecule has 0 aliphatic carbocycles. The van der Waals surface area contributed by atoms with Crippen LogP contribution in [-0.4, -0.2) is 211 Å². The molecular formula is C59H81ClN12O11S. The van der Waals surface area contributed by atoms with E-state index in [2.05, 4.69) is 45.7 Å². The maximum absolute atomic E-state index is 14.0. The molecule has 456 valence electrons. The fraction of sp³-hybridized carbons (Fsp3) is 0.559. The highest BCUT2D eigenvalue weighted by Crippen LogP contribution is 2.31. The molecule has 3 aliphatic heterocycles. The number of piperidine rings is 1.